The predicted octanol–water partition coefficient (Wildman–Crippen LogP) is 4.71. The summed E-state index contributed by atoms with van der Waals surface area (Å²) in [6.07, 6.45) is 0.899. The van der Waals surface area contributed by atoms with E-state index in [1.54, 1.807) is 19.1 Å². The van der Waals surface area contributed by atoms with Crippen LogP contribution in [0.2, 0.25) is 0 Å². The lowest BCUT2D eigenvalue weighted by Gasteiger charge is -2.63. The summed E-state index contributed by atoms with van der Waals surface area (Å²) in [5.74, 6) is -2.91. The van der Waals surface area contributed by atoms with Crippen molar-refractivity contribution in [1.29, 1.82) is 0 Å². The van der Waals surface area contributed by atoms with Crippen molar-refractivity contribution in [3.05, 3.63) is 59.4 Å². The lowest BCUT2D eigenvalue weighted by atomic mass is 9.43. The minimum Gasteiger partial charge on any atom is -0.390 e. The highest BCUT2D eigenvalue weighted by molar-refractivity contribution is 6.01. The fraction of sp³-hybridized carbons (Fsp3) is 0.600. The van der Waals surface area contributed by atoms with Crippen LogP contribution >= 0.6 is 0 Å². The van der Waals surface area contributed by atoms with E-state index in [9.17, 15) is 23.5 Å². The summed E-state index contributed by atoms with van der Waals surface area (Å²) in [7, 11) is 0. The molecule has 9 atom stereocenters. The Labute approximate surface area is 219 Å². The van der Waals surface area contributed by atoms with E-state index < -0.39 is 64.3 Å². The summed E-state index contributed by atoms with van der Waals surface area (Å²) in [5.41, 5.74) is -4.88. The molecule has 3 saturated carbocycles. The quantitative estimate of drug-likeness (QED) is 0.572. The molecule has 1 aliphatic heterocycles. The van der Waals surface area contributed by atoms with Gasteiger partial charge in [-0.3, -0.25) is 14.5 Å². The number of aliphatic hydroxyl groups excluding tert-OH is 1. The summed E-state index contributed by atoms with van der Waals surface area (Å²) in [6, 6.07) is 6.10. The van der Waals surface area contributed by atoms with Gasteiger partial charge in [0.25, 0.3) is 0 Å². The molecule has 5 aliphatic rings. The first-order valence-electron chi connectivity index (χ1n) is 13.4. The van der Waals surface area contributed by atoms with Crippen molar-refractivity contribution in [3.63, 3.8) is 0 Å². The molecule has 1 N–H and O–H groups in total. The van der Waals surface area contributed by atoms with Crippen molar-refractivity contribution in [3.8, 4) is 0 Å². The second kappa shape index (κ2) is 8.34. The van der Waals surface area contributed by atoms with Crippen molar-refractivity contribution in [1.82, 2.24) is 4.90 Å². The monoisotopic (exact) mass is 531 g/mol. The van der Waals surface area contributed by atoms with E-state index in [0.717, 1.165) is 11.6 Å². The van der Waals surface area contributed by atoms with Gasteiger partial charge in [0.2, 0.25) is 0 Å². The average molecular weight is 532 g/mol. The molecule has 38 heavy (non-hydrogen) atoms. The third-order valence-corrected chi connectivity index (χ3v) is 11.2. The number of benzene rings is 1. The van der Waals surface area contributed by atoms with Gasteiger partial charge in [-0.15, -0.1) is 0 Å². The summed E-state index contributed by atoms with van der Waals surface area (Å²) < 4.78 is 60.7. The van der Waals surface area contributed by atoms with E-state index in [1.165, 1.54) is 24.3 Å². The van der Waals surface area contributed by atoms with Gasteiger partial charge in [-0.25, -0.2) is 17.6 Å². The van der Waals surface area contributed by atoms with Crippen LogP contribution in [0.3, 0.4) is 0 Å². The van der Waals surface area contributed by atoms with Crippen LogP contribution in [0.4, 0.5) is 17.6 Å². The lowest BCUT2D eigenvalue weighted by molar-refractivity contribution is -0.211. The molecule has 204 valence electrons. The zero-order valence-corrected chi connectivity index (χ0v) is 21.6. The van der Waals surface area contributed by atoms with Crippen molar-refractivity contribution >= 4 is 11.6 Å². The highest BCUT2D eigenvalue weighted by Gasteiger charge is 2.78. The van der Waals surface area contributed by atoms with Gasteiger partial charge < -0.3 is 5.11 Å². The highest BCUT2D eigenvalue weighted by Crippen LogP contribution is 2.74. The molecule has 1 saturated heterocycles. The molecular weight excluding hydrogens is 498 g/mol. The number of aliphatic hydroxyl groups is 1. The summed E-state index contributed by atoms with van der Waals surface area (Å²) in [6.45, 7) is 3.43. The molecule has 1 heterocycles. The molecule has 8 heteroatoms. The summed E-state index contributed by atoms with van der Waals surface area (Å²) in [4.78, 5) is 27.6. The van der Waals surface area contributed by atoms with E-state index in [4.69, 9.17) is 0 Å². The molecule has 0 aromatic heterocycles. The van der Waals surface area contributed by atoms with Crippen LogP contribution in [-0.2, 0) is 16.1 Å². The molecule has 0 spiro atoms. The molecule has 0 amide bonds. The molecule has 6 rings (SSSR count). The van der Waals surface area contributed by atoms with Crippen LogP contribution in [0.5, 0.6) is 0 Å². The molecule has 1 aromatic rings. The first-order chi connectivity index (χ1) is 17.9. The number of alkyl halides is 3. The van der Waals surface area contributed by atoms with Crippen LogP contribution in [-0.4, -0.2) is 59.3 Å². The number of Topliss-reactive ketones (excluding diaryl/α,β-unsaturated/α-hetero) is 1. The third kappa shape index (κ3) is 3.10. The van der Waals surface area contributed by atoms with Gasteiger partial charge in [0.15, 0.2) is 17.2 Å². The minimum atomic E-state index is -2.23. The highest BCUT2D eigenvalue weighted by atomic mass is 19.1. The van der Waals surface area contributed by atoms with Gasteiger partial charge in [-0.2, -0.15) is 0 Å². The predicted molar refractivity (Wildman–Crippen MR) is 133 cm³/mol. The van der Waals surface area contributed by atoms with E-state index in [1.807, 2.05) is 6.92 Å². The Morgan fingerprint density at radius 1 is 1.16 bits per heavy atom. The zero-order chi connectivity index (χ0) is 27.3. The number of hydrogen-bond donors (Lipinski definition) is 1. The van der Waals surface area contributed by atoms with Gasteiger partial charge in [-0.05, 0) is 78.9 Å². The second-order valence-corrected chi connectivity index (χ2v) is 12.6. The minimum absolute atomic E-state index is 0.0566. The molecule has 0 unspecified atom stereocenters. The van der Waals surface area contributed by atoms with Gasteiger partial charge >= 0.3 is 0 Å². The number of allylic oxidation sites excluding steroid dienone is 4. The molecule has 4 fully saturated rings. The molecule has 4 aliphatic carbocycles. The van der Waals surface area contributed by atoms with Crippen LogP contribution in [0, 0.1) is 39.8 Å². The topological polar surface area (TPSA) is 57.6 Å². The van der Waals surface area contributed by atoms with Crippen LogP contribution in [0.15, 0.2) is 48.1 Å². The molecular formula is C30H33F4NO3. The summed E-state index contributed by atoms with van der Waals surface area (Å²) >= 11 is 0. The Hall–Kier alpha value is -2.32. The Morgan fingerprint density at radius 2 is 1.87 bits per heavy atom. The fourth-order valence-corrected chi connectivity index (χ4v) is 9.47. The maximum Gasteiger partial charge on any atom is 0.178 e. The number of nitrogens with zero attached hydrogens (tertiary/aromatic N) is 1. The SMILES string of the molecule is C[C@]12C=CC(=O)C=C1[C@@H](F)C[C@H]1[C@@H]3C[C@H]4CN(Cc5ccc(F)cc5)C[C@@]4(C(=O)CF)[C@@]3(C)C[C@H](O)[C@@]12F. The lowest BCUT2D eigenvalue weighted by Crippen LogP contribution is -2.69. The molecule has 0 radical (unpaired) electrons. The smallest absolute Gasteiger partial charge is 0.178 e. The first kappa shape index (κ1) is 25.9. The third-order valence-electron chi connectivity index (χ3n) is 11.2. The van der Waals surface area contributed by atoms with Gasteiger partial charge in [0.1, 0.15) is 18.7 Å². The number of carbonyl (C=O) groups excluding carboxylic acids is 2. The number of rotatable bonds is 4. The first-order valence-corrected chi connectivity index (χ1v) is 13.4. The second-order valence-electron chi connectivity index (χ2n) is 12.6. The standard InChI is InChI=1S/C30H33F4NO3/c1-27-8-7-20(36)10-23(27)24(33)11-22-21-9-18-15-35(14-17-3-5-19(32)6-4-17)16-29(18,26(38)13-31)28(21,2)12-25(37)30(22,27)34/h3-8,10,18,21-22,24-25,37H,9,11-16H2,1-2H3/t18-,21-,22-,24-,25-,27-,28-,29+,30-/m0/s1. The van der Waals surface area contributed by atoms with Crippen LogP contribution < -0.4 is 0 Å². The number of likely N-dealkylation sites (tertiary alicyclic amines) is 1. The number of halogens is 4. The van der Waals surface area contributed by atoms with Gasteiger partial charge in [0.05, 0.1) is 11.5 Å². The Balaban J connectivity index is 1.39. The van der Waals surface area contributed by atoms with Crippen molar-refractivity contribution < 1.29 is 32.3 Å². The normalized spacial score (nSPS) is 45.7. The Bertz CT molecular complexity index is 1250. The summed E-state index contributed by atoms with van der Waals surface area (Å²) in [5, 5.41) is 11.6. The van der Waals surface area contributed by atoms with Crippen LogP contribution in [0.1, 0.15) is 38.7 Å². The number of carbonyl (C=O) groups is 2. The molecule has 4 nitrogen and oxygen atoms in total. The van der Waals surface area contributed by atoms with Gasteiger partial charge in [0, 0.05) is 31.0 Å². The van der Waals surface area contributed by atoms with E-state index in [0.29, 0.717) is 19.5 Å². The fourth-order valence-electron chi connectivity index (χ4n) is 9.47. The van der Waals surface area contributed by atoms with Gasteiger partial charge in [-0.1, -0.05) is 25.1 Å². The number of hydrogen-bond acceptors (Lipinski definition) is 4. The van der Waals surface area contributed by atoms with Crippen molar-refractivity contribution in [2.75, 3.05) is 19.8 Å². The van der Waals surface area contributed by atoms with Crippen molar-refractivity contribution in [2.45, 2.75) is 57.6 Å². The van der Waals surface area contributed by atoms with E-state index >= 15 is 8.78 Å². The number of fused-ring (bicyclic) bond motifs is 7. The van der Waals surface area contributed by atoms with E-state index in [-0.39, 0.29) is 36.7 Å². The number of ketones is 2. The maximum absolute atomic E-state index is 17.4. The van der Waals surface area contributed by atoms with Crippen LogP contribution in [0.25, 0.3) is 0 Å². The average Bonchev–Trinajstić information content (AvgIpc) is 3.35. The maximum atomic E-state index is 17.4. The largest absolute Gasteiger partial charge is 0.390 e. The zero-order valence-electron chi connectivity index (χ0n) is 21.6. The van der Waals surface area contributed by atoms with E-state index in [2.05, 4.69) is 4.90 Å². The molecule has 0 bridgehead atoms. The Morgan fingerprint density at radius 3 is 2.55 bits per heavy atom. The Kier molecular flexibility index (Phi) is 5.69. The molecule has 1 aromatic carbocycles. The van der Waals surface area contributed by atoms with Crippen molar-refractivity contribution in [2.24, 2.45) is 34.0 Å².